The Morgan fingerprint density at radius 3 is 2.33 bits per heavy atom. The standard InChI is InChI=1S/C15H25ClN2O.C5H10O3/c1-5-17-9-8-13(10-11(2)3)19-14-7-6-12(4)18-15(14)16;1-3(4(2)6)5(7)8/h6-7,11,13,17H,5,8-10H2,1-4H3;3-4,6H,1-2H3,(H,7,8). The van der Waals surface area contributed by atoms with Crippen LogP contribution < -0.4 is 10.1 Å². The van der Waals surface area contributed by atoms with Crippen LogP contribution in [0.15, 0.2) is 12.1 Å². The summed E-state index contributed by atoms with van der Waals surface area (Å²) in [7, 11) is 0. The van der Waals surface area contributed by atoms with Crippen molar-refractivity contribution in [2.24, 2.45) is 11.8 Å². The van der Waals surface area contributed by atoms with E-state index < -0.39 is 18.0 Å². The topological polar surface area (TPSA) is 91.7 Å². The zero-order valence-corrected chi connectivity index (χ0v) is 18.1. The third-order valence-corrected chi connectivity index (χ3v) is 4.26. The third kappa shape index (κ3) is 11.8. The van der Waals surface area contributed by atoms with Gasteiger partial charge in [-0.3, -0.25) is 4.79 Å². The number of aryl methyl sites for hydroxylation is 1. The Morgan fingerprint density at radius 1 is 1.30 bits per heavy atom. The van der Waals surface area contributed by atoms with Crippen LogP contribution >= 0.6 is 11.6 Å². The Hall–Kier alpha value is -1.37. The van der Waals surface area contributed by atoms with Gasteiger partial charge in [-0.15, -0.1) is 0 Å². The molecule has 3 unspecified atom stereocenters. The molecule has 156 valence electrons. The molecule has 7 heteroatoms. The Kier molecular flexibility index (Phi) is 13.0. The minimum atomic E-state index is -0.958. The fourth-order valence-electron chi connectivity index (χ4n) is 2.18. The molecule has 0 bridgehead atoms. The smallest absolute Gasteiger partial charge is 0.308 e. The Bertz CT molecular complexity index is 553. The number of rotatable bonds is 10. The highest BCUT2D eigenvalue weighted by atomic mass is 35.5. The van der Waals surface area contributed by atoms with Gasteiger partial charge < -0.3 is 20.3 Å². The van der Waals surface area contributed by atoms with Crippen LogP contribution in [0.2, 0.25) is 5.15 Å². The Morgan fingerprint density at radius 2 is 1.93 bits per heavy atom. The summed E-state index contributed by atoms with van der Waals surface area (Å²) in [4.78, 5) is 14.2. The van der Waals surface area contributed by atoms with Gasteiger partial charge in [0.05, 0.1) is 12.0 Å². The number of carbonyl (C=O) groups is 1. The second-order valence-corrected chi connectivity index (χ2v) is 7.48. The van der Waals surface area contributed by atoms with E-state index in [0.717, 1.165) is 31.6 Å². The van der Waals surface area contributed by atoms with Gasteiger partial charge in [-0.25, -0.2) is 4.98 Å². The number of nitrogens with zero attached hydrogens (tertiary/aromatic N) is 1. The number of aliphatic carboxylic acids is 1. The van der Waals surface area contributed by atoms with E-state index >= 15 is 0 Å². The molecule has 6 nitrogen and oxygen atoms in total. The second kappa shape index (κ2) is 13.7. The molecule has 0 spiro atoms. The number of halogens is 1. The molecule has 0 aliphatic heterocycles. The average Bonchev–Trinajstić information content (AvgIpc) is 2.56. The van der Waals surface area contributed by atoms with Crippen LogP contribution in [0.4, 0.5) is 0 Å². The van der Waals surface area contributed by atoms with E-state index in [1.807, 2.05) is 19.1 Å². The highest BCUT2D eigenvalue weighted by Crippen LogP contribution is 2.25. The van der Waals surface area contributed by atoms with Crippen molar-refractivity contribution in [3.8, 4) is 5.75 Å². The Labute approximate surface area is 168 Å². The normalized spacial score (nSPS) is 14.1. The van der Waals surface area contributed by atoms with Crippen molar-refractivity contribution in [3.63, 3.8) is 0 Å². The van der Waals surface area contributed by atoms with Crippen LogP contribution in [0, 0.1) is 18.8 Å². The summed E-state index contributed by atoms with van der Waals surface area (Å²) in [6.07, 6.45) is 1.43. The highest BCUT2D eigenvalue weighted by Gasteiger charge is 2.16. The van der Waals surface area contributed by atoms with Gasteiger partial charge in [0.15, 0.2) is 10.9 Å². The van der Waals surface area contributed by atoms with Gasteiger partial charge in [-0.05, 0) is 64.8 Å². The van der Waals surface area contributed by atoms with Gasteiger partial charge >= 0.3 is 5.97 Å². The van der Waals surface area contributed by atoms with Crippen LogP contribution in [0.25, 0.3) is 0 Å². The number of hydrogen-bond acceptors (Lipinski definition) is 5. The molecular weight excluding hydrogens is 368 g/mol. The van der Waals surface area contributed by atoms with Crippen LogP contribution in [-0.4, -0.2) is 46.5 Å². The lowest BCUT2D eigenvalue weighted by Gasteiger charge is -2.21. The third-order valence-electron chi connectivity index (χ3n) is 3.99. The maximum absolute atomic E-state index is 9.98. The summed E-state index contributed by atoms with van der Waals surface area (Å²) >= 11 is 6.12. The van der Waals surface area contributed by atoms with E-state index in [1.165, 1.54) is 13.8 Å². The van der Waals surface area contributed by atoms with Crippen molar-refractivity contribution in [2.45, 2.75) is 66.6 Å². The number of ether oxygens (including phenoxy) is 1. The zero-order valence-electron chi connectivity index (χ0n) is 17.3. The number of carboxylic acids is 1. The van der Waals surface area contributed by atoms with Gasteiger partial charge in [0.2, 0.25) is 0 Å². The van der Waals surface area contributed by atoms with E-state index in [0.29, 0.717) is 16.8 Å². The number of hydrogen-bond donors (Lipinski definition) is 3. The molecule has 0 radical (unpaired) electrons. The van der Waals surface area contributed by atoms with Crippen LogP contribution in [0.5, 0.6) is 5.75 Å². The maximum Gasteiger partial charge on any atom is 0.308 e. The molecule has 1 rings (SSSR count). The van der Waals surface area contributed by atoms with Gasteiger partial charge in [-0.2, -0.15) is 0 Å². The number of aliphatic hydroxyl groups is 1. The molecule has 0 saturated carbocycles. The van der Waals surface area contributed by atoms with Gasteiger partial charge in [0.1, 0.15) is 6.10 Å². The molecule has 0 amide bonds. The molecule has 3 atom stereocenters. The number of nitrogens with one attached hydrogen (secondary N) is 1. The molecule has 0 aromatic carbocycles. The average molecular weight is 403 g/mol. The van der Waals surface area contributed by atoms with Crippen molar-refractivity contribution in [3.05, 3.63) is 23.0 Å². The molecule has 0 saturated heterocycles. The first kappa shape index (κ1) is 25.6. The minimum absolute atomic E-state index is 0.182. The lowest BCUT2D eigenvalue weighted by Crippen LogP contribution is -2.26. The van der Waals surface area contributed by atoms with E-state index in [4.69, 9.17) is 26.6 Å². The Balaban J connectivity index is 0.000000713. The van der Waals surface area contributed by atoms with Crippen molar-refractivity contribution >= 4 is 17.6 Å². The molecule has 0 aliphatic carbocycles. The second-order valence-electron chi connectivity index (χ2n) is 7.12. The molecule has 1 aromatic heterocycles. The van der Waals surface area contributed by atoms with Crippen LogP contribution in [0.1, 0.15) is 53.2 Å². The lowest BCUT2D eigenvalue weighted by atomic mass is 10.0. The zero-order chi connectivity index (χ0) is 21.0. The molecule has 27 heavy (non-hydrogen) atoms. The summed E-state index contributed by atoms with van der Waals surface area (Å²) < 4.78 is 6.02. The van der Waals surface area contributed by atoms with Gasteiger partial charge in [-0.1, -0.05) is 32.4 Å². The summed E-state index contributed by atoms with van der Waals surface area (Å²) in [5, 5.41) is 20.6. The van der Waals surface area contributed by atoms with E-state index in [9.17, 15) is 4.79 Å². The van der Waals surface area contributed by atoms with Crippen LogP contribution in [0.3, 0.4) is 0 Å². The van der Waals surface area contributed by atoms with Crippen LogP contribution in [-0.2, 0) is 4.79 Å². The van der Waals surface area contributed by atoms with E-state index in [-0.39, 0.29) is 6.10 Å². The summed E-state index contributed by atoms with van der Waals surface area (Å²) in [6, 6.07) is 3.84. The number of pyridine rings is 1. The van der Waals surface area contributed by atoms with E-state index in [2.05, 4.69) is 31.1 Å². The number of aromatic nitrogens is 1. The largest absolute Gasteiger partial charge is 0.487 e. The predicted molar refractivity (Wildman–Crippen MR) is 109 cm³/mol. The molecule has 1 aromatic rings. The first-order valence-electron chi connectivity index (χ1n) is 9.49. The van der Waals surface area contributed by atoms with Gasteiger partial charge in [0.25, 0.3) is 0 Å². The molecule has 0 fully saturated rings. The fourth-order valence-corrected chi connectivity index (χ4v) is 2.42. The number of carboxylic acid groups (broad SMARTS) is 1. The summed E-state index contributed by atoms with van der Waals surface area (Å²) in [6.45, 7) is 13.3. The first-order chi connectivity index (χ1) is 12.6. The van der Waals surface area contributed by atoms with Crippen molar-refractivity contribution in [1.82, 2.24) is 10.3 Å². The van der Waals surface area contributed by atoms with Gasteiger partial charge in [0, 0.05) is 5.69 Å². The molecule has 1 heterocycles. The molecular formula is C20H35ClN2O4. The predicted octanol–water partition coefficient (Wildman–Crippen LogP) is 3.92. The van der Waals surface area contributed by atoms with Crippen molar-refractivity contribution in [2.75, 3.05) is 13.1 Å². The van der Waals surface area contributed by atoms with Crippen molar-refractivity contribution < 1.29 is 19.7 Å². The highest BCUT2D eigenvalue weighted by molar-refractivity contribution is 6.30. The quantitative estimate of drug-likeness (QED) is 0.405. The molecule has 3 N–H and O–H groups in total. The lowest BCUT2D eigenvalue weighted by molar-refractivity contribution is -0.144. The van der Waals surface area contributed by atoms with E-state index in [1.54, 1.807) is 0 Å². The molecule has 0 aliphatic rings. The summed E-state index contributed by atoms with van der Waals surface area (Å²) in [5.41, 5.74) is 0.908. The SMILES string of the molecule is CC(O)C(C)C(=O)O.CCNCCC(CC(C)C)Oc1ccc(C)nc1Cl. The first-order valence-corrected chi connectivity index (χ1v) is 9.87. The monoisotopic (exact) mass is 402 g/mol. The maximum atomic E-state index is 9.98. The number of aliphatic hydroxyl groups excluding tert-OH is 1. The van der Waals surface area contributed by atoms with Crippen molar-refractivity contribution in [1.29, 1.82) is 0 Å². The fraction of sp³-hybridized carbons (Fsp3) is 0.700. The minimum Gasteiger partial charge on any atom is -0.487 e. The summed E-state index contributed by atoms with van der Waals surface area (Å²) in [5.74, 6) is -0.326.